The monoisotopic (exact) mass is 542 g/mol. The van der Waals surface area contributed by atoms with Crippen molar-refractivity contribution in [1.82, 2.24) is 0 Å². The van der Waals surface area contributed by atoms with Crippen LogP contribution in [0.4, 0.5) is 11.4 Å². The summed E-state index contributed by atoms with van der Waals surface area (Å²) in [5, 5.41) is 22.3. The van der Waals surface area contributed by atoms with Crippen LogP contribution in [0.25, 0.3) is 0 Å². The molecule has 176 valence electrons. The Bertz CT molecular complexity index is 1270. The quantitative estimate of drug-likeness (QED) is 0.161. The van der Waals surface area contributed by atoms with Gasteiger partial charge in [-0.15, -0.1) is 11.6 Å². The van der Waals surface area contributed by atoms with Gasteiger partial charge in [-0.2, -0.15) is 0 Å². The SMILES string of the molecule is O=C(CCl)Nc1ccc(Cl)cc1C(=O)c1ccccc1Cl.O=C(O)c1cc(Cl)ccc1[N+](=O)[O-]. The molecule has 0 fully saturated rings. The third kappa shape index (κ3) is 7.16. The molecule has 8 nitrogen and oxygen atoms in total. The van der Waals surface area contributed by atoms with E-state index in [1.165, 1.54) is 12.1 Å². The van der Waals surface area contributed by atoms with Gasteiger partial charge in [0.15, 0.2) is 5.78 Å². The molecule has 0 saturated heterocycles. The molecule has 0 unspecified atom stereocenters. The number of benzene rings is 3. The molecule has 0 radical (unpaired) electrons. The van der Waals surface area contributed by atoms with Crippen LogP contribution in [-0.2, 0) is 4.79 Å². The summed E-state index contributed by atoms with van der Waals surface area (Å²) in [6, 6.07) is 14.7. The van der Waals surface area contributed by atoms with Gasteiger partial charge in [0.2, 0.25) is 5.91 Å². The van der Waals surface area contributed by atoms with Crippen LogP contribution in [0.1, 0.15) is 26.3 Å². The molecule has 0 spiro atoms. The maximum atomic E-state index is 12.6. The number of halogens is 4. The molecule has 3 rings (SSSR count). The Morgan fingerprint density at radius 3 is 2.03 bits per heavy atom. The fourth-order valence-electron chi connectivity index (χ4n) is 2.63. The summed E-state index contributed by atoms with van der Waals surface area (Å²) in [5.41, 5.74) is 0.0706. The number of alkyl halides is 1. The van der Waals surface area contributed by atoms with E-state index < -0.39 is 28.1 Å². The largest absolute Gasteiger partial charge is 0.477 e. The summed E-state index contributed by atoms with van der Waals surface area (Å²) in [5.74, 6) is -2.31. The molecular weight excluding hydrogens is 530 g/mol. The Hall–Kier alpha value is -3.17. The number of amides is 1. The van der Waals surface area contributed by atoms with Crippen molar-refractivity contribution in [2.75, 3.05) is 11.2 Å². The van der Waals surface area contributed by atoms with E-state index in [0.717, 1.165) is 12.1 Å². The minimum Gasteiger partial charge on any atom is -0.477 e. The summed E-state index contributed by atoms with van der Waals surface area (Å²) in [4.78, 5) is 44.1. The zero-order valence-corrected chi connectivity index (χ0v) is 20.0. The summed E-state index contributed by atoms with van der Waals surface area (Å²) >= 11 is 22.9. The number of nitrogens with one attached hydrogen (secondary N) is 1. The first-order valence-corrected chi connectivity index (χ1v) is 10.8. The molecule has 0 aromatic heterocycles. The molecule has 1 amide bonds. The lowest BCUT2D eigenvalue weighted by molar-refractivity contribution is -0.385. The first-order valence-electron chi connectivity index (χ1n) is 9.17. The summed E-state index contributed by atoms with van der Waals surface area (Å²) < 4.78 is 0. The smallest absolute Gasteiger partial charge is 0.342 e. The number of nitro benzene ring substituents is 1. The van der Waals surface area contributed by atoms with Gasteiger partial charge in [-0.05, 0) is 42.5 Å². The zero-order valence-electron chi connectivity index (χ0n) is 16.9. The molecule has 12 heteroatoms. The van der Waals surface area contributed by atoms with Gasteiger partial charge < -0.3 is 10.4 Å². The van der Waals surface area contributed by atoms with Crippen molar-refractivity contribution in [3.8, 4) is 0 Å². The molecule has 0 aliphatic heterocycles. The Kier molecular flexibility index (Phi) is 9.83. The highest BCUT2D eigenvalue weighted by atomic mass is 35.5. The van der Waals surface area contributed by atoms with E-state index in [1.54, 1.807) is 36.4 Å². The van der Waals surface area contributed by atoms with Gasteiger partial charge in [0.1, 0.15) is 11.4 Å². The third-order valence-corrected chi connectivity index (χ3v) is 5.17. The van der Waals surface area contributed by atoms with E-state index in [2.05, 4.69) is 5.32 Å². The van der Waals surface area contributed by atoms with Crippen LogP contribution in [0.5, 0.6) is 0 Å². The van der Waals surface area contributed by atoms with Gasteiger partial charge in [-0.3, -0.25) is 19.7 Å². The molecule has 3 aromatic carbocycles. The number of carbonyl (C=O) groups is 3. The molecule has 0 saturated carbocycles. The maximum absolute atomic E-state index is 12.6. The van der Waals surface area contributed by atoms with Gasteiger partial charge in [-0.1, -0.05) is 46.9 Å². The highest BCUT2D eigenvalue weighted by molar-refractivity contribution is 6.36. The lowest BCUT2D eigenvalue weighted by atomic mass is 10.0. The average molecular weight is 544 g/mol. The zero-order chi connectivity index (χ0) is 25.4. The summed E-state index contributed by atoms with van der Waals surface area (Å²) in [6.45, 7) is 0. The fraction of sp³-hybridized carbons (Fsp3) is 0.0455. The number of hydrogen-bond acceptors (Lipinski definition) is 5. The molecule has 0 aliphatic carbocycles. The molecule has 0 aliphatic rings. The lowest BCUT2D eigenvalue weighted by Crippen LogP contribution is -2.16. The first kappa shape index (κ1) is 27.1. The standard InChI is InChI=1S/C15H10Cl3NO2.C7H4ClNO4/c16-8-14(20)19-13-6-5-9(17)7-11(13)15(21)10-3-1-2-4-12(10)18;8-4-1-2-6(9(12)13)5(3-4)7(10)11/h1-7H,8H2,(H,19,20);1-3H,(H,10,11). The van der Waals surface area contributed by atoms with Crippen molar-refractivity contribution in [3.63, 3.8) is 0 Å². The summed E-state index contributed by atoms with van der Waals surface area (Å²) in [7, 11) is 0. The van der Waals surface area contributed by atoms with Crippen molar-refractivity contribution in [2.45, 2.75) is 0 Å². The molecule has 0 atom stereocenters. The van der Waals surface area contributed by atoms with E-state index in [0.29, 0.717) is 21.3 Å². The van der Waals surface area contributed by atoms with Crippen molar-refractivity contribution >= 4 is 75.4 Å². The number of carbonyl (C=O) groups excluding carboxylic acids is 2. The highest BCUT2D eigenvalue weighted by Crippen LogP contribution is 2.26. The Balaban J connectivity index is 0.000000270. The van der Waals surface area contributed by atoms with Gasteiger partial charge in [0.25, 0.3) is 5.69 Å². The van der Waals surface area contributed by atoms with Gasteiger partial charge in [-0.25, -0.2) is 4.79 Å². The number of aromatic carboxylic acids is 1. The number of anilines is 1. The minimum atomic E-state index is -1.37. The Morgan fingerprint density at radius 1 is 0.882 bits per heavy atom. The Labute approximate surface area is 213 Å². The molecule has 3 aromatic rings. The van der Waals surface area contributed by atoms with Crippen LogP contribution < -0.4 is 5.32 Å². The maximum Gasteiger partial charge on any atom is 0.342 e. The average Bonchev–Trinajstić information content (AvgIpc) is 2.80. The van der Waals surface area contributed by atoms with Crippen LogP contribution in [0.3, 0.4) is 0 Å². The van der Waals surface area contributed by atoms with Crippen molar-refractivity contribution in [1.29, 1.82) is 0 Å². The number of rotatable bonds is 6. The molecule has 34 heavy (non-hydrogen) atoms. The third-order valence-electron chi connectivity index (χ3n) is 4.13. The van der Waals surface area contributed by atoms with Crippen molar-refractivity contribution in [3.05, 3.63) is 103 Å². The number of carboxylic acid groups (broad SMARTS) is 1. The predicted molar refractivity (Wildman–Crippen MR) is 131 cm³/mol. The van der Waals surface area contributed by atoms with E-state index in [-0.39, 0.29) is 22.2 Å². The second-order valence-corrected chi connectivity index (χ2v) is 7.95. The minimum absolute atomic E-state index is 0.156. The van der Waals surface area contributed by atoms with Crippen LogP contribution in [0, 0.1) is 10.1 Å². The van der Waals surface area contributed by atoms with Gasteiger partial charge in [0, 0.05) is 27.2 Å². The number of nitro groups is 1. The van der Waals surface area contributed by atoms with Crippen LogP contribution >= 0.6 is 46.4 Å². The number of ketones is 1. The normalized spacial score (nSPS) is 10.0. The topological polar surface area (TPSA) is 127 Å². The fourth-order valence-corrected chi connectivity index (χ4v) is 3.26. The van der Waals surface area contributed by atoms with Crippen molar-refractivity contribution < 1.29 is 24.4 Å². The van der Waals surface area contributed by atoms with Crippen LogP contribution in [0.2, 0.25) is 15.1 Å². The number of nitrogens with zero attached hydrogens (tertiary/aromatic N) is 1. The van der Waals surface area contributed by atoms with Crippen LogP contribution in [0.15, 0.2) is 60.7 Å². The second kappa shape index (κ2) is 12.3. The summed E-state index contributed by atoms with van der Waals surface area (Å²) in [6.07, 6.45) is 0. The van der Waals surface area contributed by atoms with E-state index in [9.17, 15) is 24.5 Å². The first-order chi connectivity index (χ1) is 16.0. The van der Waals surface area contributed by atoms with Crippen molar-refractivity contribution in [2.24, 2.45) is 0 Å². The van der Waals surface area contributed by atoms with E-state index >= 15 is 0 Å². The lowest BCUT2D eigenvalue weighted by Gasteiger charge is -2.11. The molecule has 2 N–H and O–H groups in total. The molecule has 0 bridgehead atoms. The molecular formula is C22H14Cl4N2O6. The highest BCUT2D eigenvalue weighted by Gasteiger charge is 2.19. The van der Waals surface area contributed by atoms with Gasteiger partial charge >= 0.3 is 5.97 Å². The molecule has 0 heterocycles. The van der Waals surface area contributed by atoms with Crippen LogP contribution in [-0.4, -0.2) is 33.6 Å². The van der Waals surface area contributed by atoms with E-state index in [1.807, 2.05) is 0 Å². The Morgan fingerprint density at radius 2 is 1.47 bits per heavy atom. The number of hydrogen-bond donors (Lipinski definition) is 2. The van der Waals surface area contributed by atoms with Gasteiger partial charge in [0.05, 0.1) is 15.6 Å². The predicted octanol–water partition coefficient (Wildman–Crippen LogP) is 6.35. The second-order valence-electron chi connectivity index (χ2n) is 6.40. The van der Waals surface area contributed by atoms with E-state index in [4.69, 9.17) is 51.5 Å². The number of carboxylic acids is 1.